The number of piperazine rings is 1. The number of nitrogens with zero attached hydrogens (tertiary/aromatic N) is 3. The lowest BCUT2D eigenvalue weighted by Crippen LogP contribution is -2.52. The number of benzene rings is 2. The molecule has 0 atom stereocenters. The topological polar surface area (TPSA) is 125 Å². The van der Waals surface area contributed by atoms with Crippen molar-refractivity contribution in [2.75, 3.05) is 31.5 Å². The third-order valence-electron chi connectivity index (χ3n) is 5.90. The van der Waals surface area contributed by atoms with Crippen molar-refractivity contribution >= 4 is 51.1 Å². The van der Waals surface area contributed by atoms with Gasteiger partial charge in [-0.15, -0.1) is 11.3 Å². The third kappa shape index (κ3) is 4.91. The maximum atomic E-state index is 14.8. The Bertz CT molecular complexity index is 1480. The van der Waals surface area contributed by atoms with Crippen molar-refractivity contribution in [2.24, 2.45) is 0 Å². The second-order valence-electron chi connectivity index (χ2n) is 8.13. The second-order valence-corrected chi connectivity index (χ2v) is 9.02. The molecule has 0 saturated carbocycles. The van der Waals surface area contributed by atoms with E-state index in [1.807, 2.05) is 6.07 Å². The number of fused-ring (bicyclic) bond motifs is 1. The Morgan fingerprint density at radius 2 is 1.73 bits per heavy atom. The van der Waals surface area contributed by atoms with Gasteiger partial charge >= 0.3 is 6.09 Å². The molecule has 1 aliphatic rings. The zero-order valence-corrected chi connectivity index (χ0v) is 20.1. The van der Waals surface area contributed by atoms with E-state index in [0.717, 1.165) is 6.07 Å². The number of anilines is 1. The van der Waals surface area contributed by atoms with Gasteiger partial charge in [-0.1, -0.05) is 18.2 Å². The summed E-state index contributed by atoms with van der Waals surface area (Å²) in [5, 5.41) is 4.28. The molecule has 1 aliphatic heterocycles. The molecule has 0 unspecified atom stereocenters. The van der Waals surface area contributed by atoms with Gasteiger partial charge in [-0.25, -0.2) is 14.2 Å². The van der Waals surface area contributed by atoms with Crippen LogP contribution in [-0.2, 0) is 4.79 Å². The SMILES string of the molecule is O=C(Nc1nccs1)Oc1ccc(F)c2c(C(=O)C(=O)N3CCN(C(=O)c4ccccc4)CC3)c[nH]c12. The molecule has 5 rings (SSSR count). The first-order valence-electron chi connectivity index (χ1n) is 11.3. The summed E-state index contributed by atoms with van der Waals surface area (Å²) in [7, 11) is 0. The molecule has 10 nitrogen and oxygen atoms in total. The highest BCUT2D eigenvalue weighted by Crippen LogP contribution is 2.31. The van der Waals surface area contributed by atoms with Crippen molar-refractivity contribution < 1.29 is 28.3 Å². The van der Waals surface area contributed by atoms with Crippen molar-refractivity contribution in [3.63, 3.8) is 0 Å². The van der Waals surface area contributed by atoms with Crippen LogP contribution in [0, 0.1) is 5.82 Å². The molecule has 0 aliphatic carbocycles. The van der Waals surface area contributed by atoms with Crippen LogP contribution >= 0.6 is 11.3 Å². The van der Waals surface area contributed by atoms with Crippen LogP contribution in [0.15, 0.2) is 60.2 Å². The Balaban J connectivity index is 1.28. The monoisotopic (exact) mass is 521 g/mol. The van der Waals surface area contributed by atoms with E-state index >= 15 is 0 Å². The fourth-order valence-corrected chi connectivity index (χ4v) is 4.59. The van der Waals surface area contributed by atoms with Crippen molar-refractivity contribution in [3.05, 3.63) is 77.2 Å². The van der Waals surface area contributed by atoms with E-state index in [0.29, 0.717) is 10.7 Å². The van der Waals surface area contributed by atoms with Crippen molar-refractivity contribution in [1.29, 1.82) is 0 Å². The summed E-state index contributed by atoms with van der Waals surface area (Å²) in [4.78, 5) is 60.5. The number of aromatic amines is 1. The highest BCUT2D eigenvalue weighted by Gasteiger charge is 2.31. The lowest BCUT2D eigenvalue weighted by Gasteiger charge is -2.34. The summed E-state index contributed by atoms with van der Waals surface area (Å²) < 4.78 is 20.0. The number of amides is 3. The van der Waals surface area contributed by atoms with Crippen molar-refractivity contribution in [1.82, 2.24) is 19.8 Å². The quantitative estimate of drug-likeness (QED) is 0.306. The van der Waals surface area contributed by atoms with Crippen LogP contribution in [0.2, 0.25) is 0 Å². The smallest absolute Gasteiger partial charge is 0.408 e. The zero-order chi connectivity index (χ0) is 25.9. The van der Waals surface area contributed by atoms with Gasteiger partial charge < -0.3 is 19.5 Å². The number of thiazole rings is 1. The summed E-state index contributed by atoms with van der Waals surface area (Å²) >= 11 is 1.19. The summed E-state index contributed by atoms with van der Waals surface area (Å²) in [6.45, 7) is 0.862. The Labute approximate surface area is 213 Å². The van der Waals surface area contributed by atoms with Crippen LogP contribution in [-0.4, -0.2) is 69.6 Å². The molecule has 1 saturated heterocycles. The van der Waals surface area contributed by atoms with E-state index in [4.69, 9.17) is 4.74 Å². The Kier molecular flexibility index (Phi) is 6.64. The second kappa shape index (κ2) is 10.2. The van der Waals surface area contributed by atoms with Gasteiger partial charge in [-0.05, 0) is 24.3 Å². The number of hydrogen-bond donors (Lipinski definition) is 2. The largest absolute Gasteiger partial charge is 0.418 e. The van der Waals surface area contributed by atoms with E-state index in [-0.39, 0.29) is 54.3 Å². The minimum Gasteiger partial charge on any atom is -0.408 e. The Morgan fingerprint density at radius 1 is 1.00 bits per heavy atom. The number of carbonyl (C=O) groups excluding carboxylic acids is 4. The molecule has 37 heavy (non-hydrogen) atoms. The predicted molar refractivity (Wildman–Crippen MR) is 133 cm³/mol. The highest BCUT2D eigenvalue weighted by atomic mass is 32.1. The van der Waals surface area contributed by atoms with E-state index in [1.54, 1.807) is 34.5 Å². The number of halogens is 1. The predicted octanol–water partition coefficient (Wildman–Crippen LogP) is 3.54. The van der Waals surface area contributed by atoms with E-state index in [1.165, 1.54) is 34.7 Å². The highest BCUT2D eigenvalue weighted by molar-refractivity contribution is 7.13. The molecule has 12 heteroatoms. The Morgan fingerprint density at radius 3 is 2.43 bits per heavy atom. The molecule has 4 aromatic rings. The van der Waals surface area contributed by atoms with E-state index in [2.05, 4.69) is 15.3 Å². The summed E-state index contributed by atoms with van der Waals surface area (Å²) in [5.41, 5.74) is 0.431. The molecule has 0 bridgehead atoms. The first-order valence-corrected chi connectivity index (χ1v) is 12.2. The van der Waals surface area contributed by atoms with Crippen molar-refractivity contribution in [2.45, 2.75) is 0 Å². The van der Waals surface area contributed by atoms with Gasteiger partial charge in [-0.2, -0.15) is 0 Å². The van der Waals surface area contributed by atoms with Gasteiger partial charge in [0.2, 0.25) is 0 Å². The van der Waals surface area contributed by atoms with Crippen LogP contribution in [0.5, 0.6) is 5.75 Å². The number of rotatable bonds is 5. The standard InChI is InChI=1S/C25H20FN5O5S/c26-17-6-7-18(36-25(35)29-24-27-8-13-37-24)20-19(17)16(14-28-20)21(32)23(34)31-11-9-30(10-12-31)22(33)15-4-2-1-3-5-15/h1-8,13-14,28H,9-12H2,(H,27,29,35). The average molecular weight is 522 g/mol. The molecule has 2 aromatic carbocycles. The van der Waals surface area contributed by atoms with Crippen LogP contribution in [0.1, 0.15) is 20.7 Å². The fourth-order valence-electron chi connectivity index (χ4n) is 4.08. The average Bonchev–Trinajstić information content (AvgIpc) is 3.60. The lowest BCUT2D eigenvalue weighted by molar-refractivity contribution is -0.127. The molecule has 2 aromatic heterocycles. The van der Waals surface area contributed by atoms with Crippen LogP contribution in [0.3, 0.4) is 0 Å². The fraction of sp³-hybridized carbons (Fsp3) is 0.160. The van der Waals surface area contributed by atoms with Crippen LogP contribution in [0.25, 0.3) is 10.9 Å². The van der Waals surface area contributed by atoms with Gasteiger partial charge in [0.05, 0.1) is 16.5 Å². The number of ether oxygens (including phenoxy) is 1. The van der Waals surface area contributed by atoms with Gasteiger partial charge in [0.15, 0.2) is 10.9 Å². The van der Waals surface area contributed by atoms with Gasteiger partial charge in [0.1, 0.15) is 5.82 Å². The number of ketones is 1. The number of hydrogen-bond acceptors (Lipinski definition) is 7. The normalized spacial score (nSPS) is 13.4. The van der Waals surface area contributed by atoms with E-state index < -0.39 is 23.6 Å². The summed E-state index contributed by atoms with van der Waals surface area (Å²) in [6.07, 6.45) is 1.88. The number of nitrogens with one attached hydrogen (secondary N) is 2. The van der Waals surface area contributed by atoms with Crippen LogP contribution in [0.4, 0.5) is 14.3 Å². The molecular formula is C25H20FN5O5S. The number of aromatic nitrogens is 2. The first-order chi connectivity index (χ1) is 17.9. The molecule has 0 radical (unpaired) electrons. The first kappa shape index (κ1) is 24.1. The molecule has 0 spiro atoms. The van der Waals surface area contributed by atoms with Gasteiger partial charge in [-0.3, -0.25) is 19.7 Å². The van der Waals surface area contributed by atoms with Crippen molar-refractivity contribution in [3.8, 4) is 5.75 Å². The third-order valence-corrected chi connectivity index (χ3v) is 6.59. The number of H-pyrrole nitrogens is 1. The molecule has 1 fully saturated rings. The van der Waals surface area contributed by atoms with E-state index in [9.17, 15) is 23.6 Å². The molecule has 3 amide bonds. The lowest BCUT2D eigenvalue weighted by atomic mass is 10.1. The Hall–Kier alpha value is -4.58. The summed E-state index contributed by atoms with van der Waals surface area (Å²) in [6, 6.07) is 11.1. The molecule has 3 heterocycles. The number of Topliss-reactive ketones (excluding diaryl/α,β-unsaturated/α-hetero) is 1. The zero-order valence-electron chi connectivity index (χ0n) is 19.3. The molecular weight excluding hydrogens is 501 g/mol. The van der Waals surface area contributed by atoms with Crippen LogP contribution < -0.4 is 10.1 Å². The molecule has 188 valence electrons. The summed E-state index contributed by atoms with van der Waals surface area (Å²) in [5.74, 6) is -2.63. The maximum absolute atomic E-state index is 14.8. The minimum atomic E-state index is -0.905. The van der Waals surface area contributed by atoms with Gasteiger partial charge in [0, 0.05) is 49.5 Å². The van der Waals surface area contributed by atoms with Gasteiger partial charge in [0.25, 0.3) is 17.6 Å². The minimum absolute atomic E-state index is 0.0232. The number of carbonyl (C=O) groups is 4. The maximum Gasteiger partial charge on any atom is 0.418 e. The molecule has 2 N–H and O–H groups in total.